The Morgan fingerprint density at radius 3 is 2.39 bits per heavy atom. The number of rotatable bonds is 8. The number of carbonyl (C=O) groups is 1. The largest absolute Gasteiger partial charge is 0.497 e. The average molecular weight is 415 g/mol. The number of thioether (sulfide) groups is 1. The first-order chi connectivity index (χ1) is 13.5. The van der Waals surface area contributed by atoms with Crippen molar-refractivity contribution in [2.75, 3.05) is 23.5 Å². The van der Waals surface area contributed by atoms with Gasteiger partial charge in [0.1, 0.15) is 5.75 Å². The van der Waals surface area contributed by atoms with Crippen molar-refractivity contribution in [2.24, 2.45) is 0 Å². The van der Waals surface area contributed by atoms with E-state index in [4.69, 9.17) is 4.74 Å². The van der Waals surface area contributed by atoms with E-state index in [9.17, 15) is 4.79 Å². The Labute approximate surface area is 172 Å². The van der Waals surface area contributed by atoms with Crippen LogP contribution >= 0.6 is 23.1 Å². The number of hydrogen-bond donors (Lipinski definition) is 2. The lowest BCUT2D eigenvalue weighted by Crippen LogP contribution is -2.13. The number of amides is 1. The summed E-state index contributed by atoms with van der Waals surface area (Å²) in [5.74, 6) is 1.43. The molecule has 8 heteroatoms. The zero-order chi connectivity index (χ0) is 19.9. The highest BCUT2D eigenvalue weighted by molar-refractivity contribution is 8.01. The fourth-order valence-corrected chi connectivity index (χ4v) is 3.96. The molecule has 0 saturated carbocycles. The SMILES string of the molecule is COc1ccc(NC(=O)CSc2nnc(Nc3ccc(C(C)C)cc3)s2)cc1. The number of anilines is 3. The van der Waals surface area contributed by atoms with Gasteiger partial charge < -0.3 is 15.4 Å². The Balaban J connectivity index is 1.49. The molecule has 0 radical (unpaired) electrons. The van der Waals surface area contributed by atoms with Crippen LogP contribution in [0, 0.1) is 0 Å². The van der Waals surface area contributed by atoms with Gasteiger partial charge in [0.2, 0.25) is 11.0 Å². The summed E-state index contributed by atoms with van der Waals surface area (Å²) in [5.41, 5.74) is 2.99. The zero-order valence-electron chi connectivity index (χ0n) is 15.9. The Bertz CT molecular complexity index is 909. The molecule has 2 N–H and O–H groups in total. The second-order valence-electron chi connectivity index (χ2n) is 6.34. The highest BCUT2D eigenvalue weighted by Gasteiger charge is 2.09. The lowest BCUT2D eigenvalue weighted by molar-refractivity contribution is -0.113. The number of ether oxygens (including phenoxy) is 1. The van der Waals surface area contributed by atoms with Crippen molar-refractivity contribution in [1.82, 2.24) is 10.2 Å². The molecule has 0 saturated heterocycles. The molecule has 28 heavy (non-hydrogen) atoms. The minimum absolute atomic E-state index is 0.0934. The minimum atomic E-state index is -0.0934. The van der Waals surface area contributed by atoms with Crippen molar-refractivity contribution in [3.63, 3.8) is 0 Å². The standard InChI is InChI=1S/C20H22N4O2S2/c1-13(2)14-4-6-16(7-5-14)22-19-23-24-20(28-19)27-12-18(25)21-15-8-10-17(26-3)11-9-15/h4-11,13H,12H2,1-3H3,(H,21,25)(H,22,23). The molecule has 0 aliphatic rings. The fourth-order valence-electron chi connectivity index (χ4n) is 2.39. The monoisotopic (exact) mass is 414 g/mol. The predicted octanol–water partition coefficient (Wildman–Crippen LogP) is 5.14. The number of nitrogens with one attached hydrogen (secondary N) is 2. The molecule has 0 spiro atoms. The predicted molar refractivity (Wildman–Crippen MR) is 116 cm³/mol. The molecule has 1 aromatic heterocycles. The van der Waals surface area contributed by atoms with E-state index in [2.05, 4.69) is 46.8 Å². The van der Waals surface area contributed by atoms with Crippen LogP contribution in [0.1, 0.15) is 25.3 Å². The van der Waals surface area contributed by atoms with E-state index >= 15 is 0 Å². The van der Waals surface area contributed by atoms with Crippen molar-refractivity contribution in [3.05, 3.63) is 54.1 Å². The Kier molecular flexibility index (Phi) is 6.89. The molecule has 3 rings (SSSR count). The van der Waals surface area contributed by atoms with Crippen molar-refractivity contribution in [2.45, 2.75) is 24.1 Å². The van der Waals surface area contributed by atoms with Crippen molar-refractivity contribution >= 4 is 45.5 Å². The molecule has 0 aliphatic carbocycles. The van der Waals surface area contributed by atoms with Crippen LogP contribution in [-0.2, 0) is 4.79 Å². The molecule has 1 heterocycles. The van der Waals surface area contributed by atoms with Gasteiger partial charge in [-0.05, 0) is 47.9 Å². The van der Waals surface area contributed by atoms with Crippen LogP contribution in [0.4, 0.5) is 16.5 Å². The molecule has 0 atom stereocenters. The quantitative estimate of drug-likeness (QED) is 0.497. The van der Waals surface area contributed by atoms with Crippen LogP contribution in [0.25, 0.3) is 0 Å². The number of aromatic nitrogens is 2. The van der Waals surface area contributed by atoms with Gasteiger partial charge in [-0.15, -0.1) is 10.2 Å². The van der Waals surface area contributed by atoms with Crippen LogP contribution in [0.3, 0.4) is 0 Å². The summed E-state index contributed by atoms with van der Waals surface area (Å²) in [6.45, 7) is 4.34. The molecule has 1 amide bonds. The van der Waals surface area contributed by atoms with E-state index in [1.54, 1.807) is 31.4 Å². The number of benzene rings is 2. The van der Waals surface area contributed by atoms with Gasteiger partial charge in [0, 0.05) is 11.4 Å². The molecule has 0 unspecified atom stereocenters. The highest BCUT2D eigenvalue weighted by atomic mass is 32.2. The summed E-state index contributed by atoms with van der Waals surface area (Å²) in [6.07, 6.45) is 0. The van der Waals surface area contributed by atoms with E-state index in [1.165, 1.54) is 28.7 Å². The van der Waals surface area contributed by atoms with Crippen LogP contribution in [0.2, 0.25) is 0 Å². The smallest absolute Gasteiger partial charge is 0.234 e. The first kappa shape index (κ1) is 20.2. The Morgan fingerprint density at radius 1 is 1.07 bits per heavy atom. The molecule has 146 valence electrons. The normalized spacial score (nSPS) is 10.7. The average Bonchev–Trinajstić information content (AvgIpc) is 3.15. The van der Waals surface area contributed by atoms with Crippen LogP contribution < -0.4 is 15.4 Å². The number of methoxy groups -OCH3 is 1. The summed E-state index contributed by atoms with van der Waals surface area (Å²) >= 11 is 2.79. The molecule has 0 bridgehead atoms. The first-order valence-electron chi connectivity index (χ1n) is 8.80. The molecule has 6 nitrogen and oxygen atoms in total. The highest BCUT2D eigenvalue weighted by Crippen LogP contribution is 2.28. The van der Waals surface area contributed by atoms with Gasteiger partial charge >= 0.3 is 0 Å². The topological polar surface area (TPSA) is 76.1 Å². The molecule has 3 aromatic rings. The van der Waals surface area contributed by atoms with Gasteiger partial charge in [0.25, 0.3) is 0 Å². The summed E-state index contributed by atoms with van der Waals surface area (Å²) in [4.78, 5) is 12.1. The molecule has 0 fully saturated rings. The van der Waals surface area contributed by atoms with E-state index in [0.717, 1.165) is 21.5 Å². The third-order valence-corrected chi connectivity index (χ3v) is 5.91. The fraction of sp³-hybridized carbons (Fsp3) is 0.250. The maximum Gasteiger partial charge on any atom is 0.234 e. The van der Waals surface area contributed by atoms with E-state index in [1.807, 2.05) is 12.1 Å². The second-order valence-corrected chi connectivity index (χ2v) is 8.54. The van der Waals surface area contributed by atoms with Crippen LogP contribution in [-0.4, -0.2) is 29.0 Å². The Morgan fingerprint density at radius 2 is 1.75 bits per heavy atom. The van der Waals surface area contributed by atoms with Gasteiger partial charge in [-0.25, -0.2) is 0 Å². The third-order valence-electron chi connectivity index (χ3n) is 3.94. The molecule has 2 aromatic carbocycles. The number of carbonyl (C=O) groups excluding carboxylic acids is 1. The summed E-state index contributed by atoms with van der Waals surface area (Å²) in [6, 6.07) is 15.5. The van der Waals surface area contributed by atoms with Crippen LogP contribution in [0.15, 0.2) is 52.9 Å². The van der Waals surface area contributed by atoms with Gasteiger partial charge in [-0.2, -0.15) is 0 Å². The van der Waals surface area contributed by atoms with Gasteiger partial charge in [-0.3, -0.25) is 4.79 Å². The third kappa shape index (κ3) is 5.71. The molecular weight excluding hydrogens is 392 g/mol. The second kappa shape index (κ2) is 9.57. The molecule has 0 aliphatic heterocycles. The van der Waals surface area contributed by atoms with Crippen molar-refractivity contribution in [1.29, 1.82) is 0 Å². The summed E-state index contributed by atoms with van der Waals surface area (Å²) in [7, 11) is 1.61. The van der Waals surface area contributed by atoms with E-state index < -0.39 is 0 Å². The lowest BCUT2D eigenvalue weighted by Gasteiger charge is -2.06. The van der Waals surface area contributed by atoms with Crippen molar-refractivity contribution < 1.29 is 9.53 Å². The van der Waals surface area contributed by atoms with E-state index in [-0.39, 0.29) is 11.7 Å². The summed E-state index contributed by atoms with van der Waals surface area (Å²) < 4.78 is 5.85. The van der Waals surface area contributed by atoms with Gasteiger partial charge in [-0.1, -0.05) is 49.1 Å². The van der Waals surface area contributed by atoms with Crippen molar-refractivity contribution in [3.8, 4) is 5.75 Å². The maximum absolute atomic E-state index is 12.1. The lowest BCUT2D eigenvalue weighted by atomic mass is 10.0. The first-order valence-corrected chi connectivity index (χ1v) is 10.6. The summed E-state index contributed by atoms with van der Waals surface area (Å²) in [5, 5.41) is 15.1. The minimum Gasteiger partial charge on any atom is -0.497 e. The molecular formula is C20H22N4O2S2. The van der Waals surface area contributed by atoms with E-state index in [0.29, 0.717) is 11.0 Å². The number of hydrogen-bond acceptors (Lipinski definition) is 7. The maximum atomic E-state index is 12.1. The van der Waals surface area contributed by atoms with Gasteiger partial charge in [0.15, 0.2) is 4.34 Å². The Hall–Kier alpha value is -2.58. The zero-order valence-corrected chi connectivity index (χ0v) is 17.6. The van der Waals surface area contributed by atoms with Crippen LogP contribution in [0.5, 0.6) is 5.75 Å². The van der Waals surface area contributed by atoms with Gasteiger partial charge in [0.05, 0.1) is 12.9 Å². The number of nitrogens with zero attached hydrogens (tertiary/aromatic N) is 2.